The molecule has 62 heavy (non-hydrogen) atoms. The fourth-order valence-electron chi connectivity index (χ4n) is 11.4. The molecule has 4 amide bonds. The average Bonchev–Trinajstić information content (AvgIpc) is 3.97. The quantitative estimate of drug-likeness (QED) is 0.150. The Labute approximate surface area is 356 Å². The molecule has 5 aliphatic heterocycles. The molecule has 10 rings (SSSR count). The predicted octanol–water partition coefficient (Wildman–Crippen LogP) is 7.11. The highest BCUT2D eigenvalue weighted by Crippen LogP contribution is 2.45. The normalized spacial score (nSPS) is 26.1. The van der Waals surface area contributed by atoms with E-state index in [4.69, 9.17) is 0 Å². The van der Waals surface area contributed by atoms with E-state index in [2.05, 4.69) is 27.0 Å². The lowest BCUT2D eigenvalue weighted by molar-refractivity contribution is -0.138. The summed E-state index contributed by atoms with van der Waals surface area (Å²) in [4.78, 5) is 60.2. The molecular weight excluding hydrogens is 803 g/mol. The second-order valence-electron chi connectivity index (χ2n) is 18.2. The maximum absolute atomic E-state index is 16.3. The van der Waals surface area contributed by atoms with E-state index in [1.165, 1.54) is 17.0 Å². The fourth-order valence-corrected chi connectivity index (χ4v) is 11.4. The van der Waals surface area contributed by atoms with Crippen LogP contribution in [0.25, 0.3) is 10.9 Å². The Hall–Kier alpha value is -5.41. The number of carbonyl (C=O) groups is 4. The van der Waals surface area contributed by atoms with E-state index in [-0.39, 0.29) is 35.3 Å². The van der Waals surface area contributed by atoms with Gasteiger partial charge in [0.25, 0.3) is 18.2 Å². The van der Waals surface area contributed by atoms with Crippen molar-refractivity contribution >= 4 is 34.5 Å². The molecule has 0 spiro atoms. The zero-order valence-electron chi connectivity index (χ0n) is 34.6. The van der Waals surface area contributed by atoms with Crippen molar-refractivity contribution in [1.82, 2.24) is 35.1 Å². The highest BCUT2D eigenvalue weighted by molar-refractivity contribution is 6.23. The van der Waals surface area contributed by atoms with E-state index in [0.717, 1.165) is 45.3 Å². The topological polar surface area (TPSA) is 122 Å². The van der Waals surface area contributed by atoms with Crippen molar-refractivity contribution in [1.29, 1.82) is 0 Å². The van der Waals surface area contributed by atoms with Crippen LogP contribution in [0.1, 0.15) is 124 Å². The summed E-state index contributed by atoms with van der Waals surface area (Å²) in [5.41, 5.74) is 5.78. The van der Waals surface area contributed by atoms with Gasteiger partial charge in [-0.25, -0.2) is 17.6 Å². The number of fused-ring (bicyclic) bond motifs is 5. The van der Waals surface area contributed by atoms with Crippen LogP contribution in [-0.2, 0) is 29.1 Å². The van der Waals surface area contributed by atoms with Gasteiger partial charge in [-0.05, 0) is 129 Å². The molecule has 1 saturated carbocycles. The fraction of sp³-hybridized carbons (Fsp3) is 0.468. The number of piperidine rings is 2. The Balaban J connectivity index is 0.757. The third kappa shape index (κ3) is 6.91. The number of halogens is 4. The number of amides is 4. The van der Waals surface area contributed by atoms with Gasteiger partial charge in [0, 0.05) is 60.8 Å². The van der Waals surface area contributed by atoms with E-state index in [0.29, 0.717) is 99.1 Å². The minimum absolute atomic E-state index is 0.115. The van der Waals surface area contributed by atoms with Crippen molar-refractivity contribution < 1.29 is 36.7 Å². The molecule has 0 bridgehead atoms. The molecule has 11 nitrogen and oxygen atoms in total. The first kappa shape index (κ1) is 40.6. The summed E-state index contributed by atoms with van der Waals surface area (Å²) in [6.07, 6.45) is 4.29. The van der Waals surface area contributed by atoms with E-state index in [1.807, 2.05) is 24.0 Å². The van der Waals surface area contributed by atoms with Crippen molar-refractivity contribution in [2.24, 2.45) is 5.92 Å². The molecule has 1 aliphatic carbocycles. The summed E-state index contributed by atoms with van der Waals surface area (Å²) in [6.45, 7) is 7.48. The molecule has 3 fully saturated rings. The summed E-state index contributed by atoms with van der Waals surface area (Å²) in [7, 11) is 0. The Morgan fingerprint density at radius 3 is 2.19 bits per heavy atom. The predicted molar refractivity (Wildman–Crippen MR) is 221 cm³/mol. The molecule has 4 aromatic rings. The molecule has 3 aromatic carbocycles. The van der Waals surface area contributed by atoms with Gasteiger partial charge in [0.15, 0.2) is 0 Å². The second kappa shape index (κ2) is 15.7. The van der Waals surface area contributed by atoms with Gasteiger partial charge in [-0.3, -0.25) is 39.0 Å². The third-order valence-electron chi connectivity index (χ3n) is 14.6. The number of likely N-dealkylation sites (tertiary alicyclic amines) is 1. The van der Waals surface area contributed by atoms with Crippen LogP contribution in [0.15, 0.2) is 54.9 Å². The number of alkyl halides is 2. The molecule has 15 heteroatoms. The molecule has 1 aromatic heterocycles. The number of hydrogen-bond acceptors (Lipinski definition) is 7. The van der Waals surface area contributed by atoms with Gasteiger partial charge in [-0.15, -0.1) is 0 Å². The van der Waals surface area contributed by atoms with Gasteiger partial charge >= 0.3 is 0 Å². The number of rotatable bonds is 7. The van der Waals surface area contributed by atoms with E-state index >= 15 is 8.78 Å². The molecule has 2 saturated heterocycles. The Morgan fingerprint density at radius 2 is 1.56 bits per heavy atom. The van der Waals surface area contributed by atoms with E-state index < -0.39 is 54.5 Å². The first-order chi connectivity index (χ1) is 29.8. The van der Waals surface area contributed by atoms with Gasteiger partial charge in [-0.2, -0.15) is 5.10 Å². The highest BCUT2D eigenvalue weighted by Gasteiger charge is 2.46. The zero-order valence-corrected chi connectivity index (χ0v) is 34.6. The Bertz CT molecular complexity index is 2460. The summed E-state index contributed by atoms with van der Waals surface area (Å²) in [6, 6.07) is 7.86. The monoisotopic (exact) mass is 851 g/mol. The lowest BCUT2D eigenvalue weighted by Gasteiger charge is -2.42. The van der Waals surface area contributed by atoms with Crippen molar-refractivity contribution in [2.45, 2.75) is 114 Å². The molecule has 6 heterocycles. The van der Waals surface area contributed by atoms with Gasteiger partial charge in [-0.1, -0.05) is 12.6 Å². The number of nitrogens with one attached hydrogen (secondary N) is 2. The smallest absolute Gasteiger partial charge is 0.262 e. The van der Waals surface area contributed by atoms with Crippen LogP contribution in [0.2, 0.25) is 0 Å². The first-order valence-electron chi connectivity index (χ1n) is 21.9. The van der Waals surface area contributed by atoms with Gasteiger partial charge in [0.2, 0.25) is 11.8 Å². The van der Waals surface area contributed by atoms with Crippen molar-refractivity contribution in [2.75, 3.05) is 19.6 Å². The van der Waals surface area contributed by atoms with Gasteiger partial charge in [0.05, 0.1) is 35.4 Å². The molecule has 6 aliphatic rings. The number of nitrogens with zero attached hydrogens (tertiary/aromatic N) is 5. The lowest BCUT2D eigenvalue weighted by atomic mass is 9.77. The number of allylic oxidation sites excluding steroid dienone is 1. The lowest BCUT2D eigenvalue weighted by Crippen LogP contribution is -2.51. The molecule has 2 N–H and O–H groups in total. The summed E-state index contributed by atoms with van der Waals surface area (Å²) < 4.78 is 60.5. The number of aromatic amines is 1. The van der Waals surface area contributed by atoms with Crippen LogP contribution in [0.5, 0.6) is 0 Å². The number of carbonyl (C=O) groups excluding carboxylic acids is 4. The van der Waals surface area contributed by atoms with E-state index in [1.54, 1.807) is 18.3 Å². The number of H-pyrrole nitrogens is 1. The van der Waals surface area contributed by atoms with Crippen molar-refractivity contribution in [3.63, 3.8) is 0 Å². The number of imide groups is 1. The number of benzene rings is 3. The standard InChI is InChI=1S/C47H49F4N7O4/c1-24-3-10-40(44(59)53-24)58-46(61)34-16-29-21-56(22-30(29)17-35(34)47(58)62)31-11-13-55(14-12-31)45(60)27-6-4-26(5-7-27)28-18-37(48)42(38(49)19-28)43-32-8-9-39-36(20-52-54-39)33(32)15-25(2)57(43)23-41(50)51/h8-9,16-20,25-27,31,40-41,43H,1,3-7,10-15,21-23H2,2H3,(H,52,54)(H,53,59)/t25-,26?,27?,40?,43?/m1/s1. The largest absolute Gasteiger partial charge is 0.342 e. The van der Waals surface area contributed by atoms with Crippen molar-refractivity contribution in [3.8, 4) is 0 Å². The summed E-state index contributed by atoms with van der Waals surface area (Å²) in [5.74, 6) is -2.97. The molecule has 324 valence electrons. The number of hydrogen-bond donors (Lipinski definition) is 2. The SMILES string of the molecule is C=C1CCC(N2C(=O)c3cc4c(cc3C2=O)CN(C2CCN(C(=O)C3CCC(c5cc(F)c(C6c7ccc8[nH]ncc8c7C[C@@H](C)N6CC(F)F)c(F)c5)CC3)CC2)C4)C(=O)N1. The second-order valence-corrected chi connectivity index (χ2v) is 18.2. The highest BCUT2D eigenvalue weighted by atomic mass is 19.3. The van der Waals surface area contributed by atoms with Gasteiger partial charge < -0.3 is 10.2 Å². The molecule has 3 atom stereocenters. The van der Waals surface area contributed by atoms with Crippen molar-refractivity contribution in [3.05, 3.63) is 111 Å². The Morgan fingerprint density at radius 1 is 0.903 bits per heavy atom. The number of aromatic nitrogens is 2. The summed E-state index contributed by atoms with van der Waals surface area (Å²) >= 11 is 0. The van der Waals surface area contributed by atoms with Crippen LogP contribution in [0.4, 0.5) is 17.6 Å². The molecule has 2 unspecified atom stereocenters. The maximum atomic E-state index is 16.3. The zero-order chi connectivity index (χ0) is 43.1. The van der Waals surface area contributed by atoms with Crippen LogP contribution in [0.3, 0.4) is 0 Å². The minimum Gasteiger partial charge on any atom is -0.342 e. The third-order valence-corrected chi connectivity index (χ3v) is 14.6. The van der Waals surface area contributed by atoms with Crippen LogP contribution in [0, 0.1) is 17.6 Å². The van der Waals surface area contributed by atoms with Crippen LogP contribution >= 0.6 is 0 Å². The minimum atomic E-state index is -2.68. The van der Waals surface area contributed by atoms with Crippen LogP contribution < -0.4 is 5.32 Å². The summed E-state index contributed by atoms with van der Waals surface area (Å²) in [5, 5.41) is 10.5. The maximum Gasteiger partial charge on any atom is 0.262 e. The molecular formula is C47H49F4N7O4. The van der Waals surface area contributed by atoms with Gasteiger partial charge in [0.1, 0.15) is 17.7 Å². The van der Waals surface area contributed by atoms with E-state index in [9.17, 15) is 28.0 Å². The Kier molecular flexibility index (Phi) is 10.3. The first-order valence-corrected chi connectivity index (χ1v) is 21.9. The van der Waals surface area contributed by atoms with Crippen LogP contribution in [-0.4, -0.2) is 97.6 Å². The molecule has 0 radical (unpaired) electrons. The average molecular weight is 852 g/mol.